The number of carboxylic acid groups (broad SMARTS) is 1. The lowest BCUT2D eigenvalue weighted by Crippen LogP contribution is -2.57. The van der Waals surface area contributed by atoms with Crippen molar-refractivity contribution in [2.24, 2.45) is 5.73 Å². The summed E-state index contributed by atoms with van der Waals surface area (Å²) in [6, 6.07) is 15.2. The van der Waals surface area contributed by atoms with Crippen LogP contribution >= 0.6 is 0 Å². The number of carbonyl (C=O) groups is 4. The van der Waals surface area contributed by atoms with Crippen molar-refractivity contribution in [1.29, 1.82) is 0 Å². The average Bonchev–Trinajstić information content (AvgIpc) is 3.55. The second kappa shape index (κ2) is 12.9. The smallest absolute Gasteiger partial charge is 0.305 e. The van der Waals surface area contributed by atoms with Crippen LogP contribution in [-0.4, -0.2) is 87.1 Å². The van der Waals surface area contributed by atoms with E-state index in [-0.39, 0.29) is 25.3 Å². The van der Waals surface area contributed by atoms with Crippen molar-refractivity contribution in [1.82, 2.24) is 15.1 Å². The van der Waals surface area contributed by atoms with Crippen molar-refractivity contribution in [3.05, 3.63) is 71.8 Å². The Morgan fingerprint density at radius 2 is 1.51 bits per heavy atom. The van der Waals surface area contributed by atoms with E-state index in [4.69, 9.17) is 5.73 Å². The van der Waals surface area contributed by atoms with E-state index in [2.05, 4.69) is 5.32 Å². The zero-order valence-corrected chi connectivity index (χ0v) is 21.8. The van der Waals surface area contributed by atoms with Gasteiger partial charge in [0.2, 0.25) is 17.7 Å². The molecular formula is C29H36N4O6. The normalized spacial score (nSPS) is 22.4. The van der Waals surface area contributed by atoms with Gasteiger partial charge in [-0.25, -0.2) is 0 Å². The van der Waals surface area contributed by atoms with E-state index in [1.165, 1.54) is 9.80 Å². The quantitative estimate of drug-likeness (QED) is 0.349. The minimum atomic E-state index is -1.17. The van der Waals surface area contributed by atoms with Crippen LogP contribution in [0.5, 0.6) is 0 Å². The predicted octanol–water partition coefficient (Wildman–Crippen LogP) is 0.711. The molecule has 2 heterocycles. The van der Waals surface area contributed by atoms with E-state index < -0.39 is 48.1 Å². The van der Waals surface area contributed by atoms with E-state index in [0.29, 0.717) is 32.2 Å². The molecule has 0 bridgehead atoms. The molecule has 0 aliphatic carbocycles. The van der Waals surface area contributed by atoms with Crippen molar-refractivity contribution in [2.45, 2.75) is 68.8 Å². The molecule has 5 N–H and O–H groups in total. The standard InChI is InChI=1S/C29H36N4O6/c30-22(17-20-10-5-2-6-11-20)28(38)32-14-7-12-23(32)29(39)33-15-13-24(34)26(33)27(37)31-21(18-25(35)36)16-19-8-3-1-4-9-19/h1-6,8-11,21-24,26,34H,7,12-18,30H2,(H,31,37)(H,35,36)/t21?,22-,23-,24-,26-/m0/s1. The van der Waals surface area contributed by atoms with Gasteiger partial charge in [0.15, 0.2) is 0 Å². The molecule has 10 heteroatoms. The topological polar surface area (TPSA) is 153 Å². The molecule has 2 saturated heterocycles. The molecule has 0 radical (unpaired) electrons. The highest BCUT2D eigenvalue weighted by atomic mass is 16.4. The van der Waals surface area contributed by atoms with Crippen LogP contribution in [0.15, 0.2) is 60.7 Å². The van der Waals surface area contributed by atoms with Crippen molar-refractivity contribution in [3.63, 3.8) is 0 Å². The molecular weight excluding hydrogens is 500 g/mol. The van der Waals surface area contributed by atoms with Crippen molar-refractivity contribution < 1.29 is 29.4 Å². The van der Waals surface area contributed by atoms with Crippen molar-refractivity contribution in [2.75, 3.05) is 13.1 Å². The molecule has 2 aromatic rings. The highest BCUT2D eigenvalue weighted by Crippen LogP contribution is 2.26. The SMILES string of the molecule is N[C@@H](Cc1ccccc1)C(=O)N1CCC[C@H]1C(=O)N1CC[C@H](O)[C@H]1C(=O)NC(CC(=O)O)Cc1ccccc1. The molecule has 2 aromatic carbocycles. The Balaban J connectivity index is 1.44. The highest BCUT2D eigenvalue weighted by molar-refractivity contribution is 5.94. The number of nitrogens with two attached hydrogens (primary N) is 1. The van der Waals surface area contributed by atoms with Gasteiger partial charge in [0.05, 0.1) is 18.6 Å². The molecule has 0 aromatic heterocycles. The molecule has 2 aliphatic heterocycles. The van der Waals surface area contributed by atoms with Gasteiger partial charge < -0.3 is 31.1 Å². The van der Waals surface area contributed by atoms with E-state index in [1.54, 1.807) is 0 Å². The summed E-state index contributed by atoms with van der Waals surface area (Å²) in [6.07, 6.45) is 0.519. The molecule has 10 nitrogen and oxygen atoms in total. The Labute approximate surface area is 227 Å². The molecule has 0 spiro atoms. The van der Waals surface area contributed by atoms with Gasteiger partial charge in [-0.3, -0.25) is 19.2 Å². The molecule has 2 aliphatic rings. The second-order valence-electron chi connectivity index (χ2n) is 10.3. The van der Waals surface area contributed by atoms with Crippen LogP contribution in [0, 0.1) is 0 Å². The number of nitrogens with one attached hydrogen (secondary N) is 1. The summed E-state index contributed by atoms with van der Waals surface area (Å²) in [5, 5.41) is 22.8. The third kappa shape index (κ3) is 7.01. The van der Waals surface area contributed by atoms with Crippen LogP contribution in [-0.2, 0) is 32.0 Å². The summed E-state index contributed by atoms with van der Waals surface area (Å²) in [5.74, 6) is -2.39. The van der Waals surface area contributed by atoms with E-state index in [9.17, 15) is 29.4 Å². The number of amides is 3. The number of rotatable bonds is 10. The van der Waals surface area contributed by atoms with Crippen LogP contribution in [0.4, 0.5) is 0 Å². The molecule has 5 atom stereocenters. The summed E-state index contributed by atoms with van der Waals surface area (Å²) in [7, 11) is 0. The number of benzene rings is 2. The first-order valence-electron chi connectivity index (χ1n) is 13.4. The fourth-order valence-electron chi connectivity index (χ4n) is 5.56. The van der Waals surface area contributed by atoms with Gasteiger partial charge in [-0.2, -0.15) is 0 Å². The summed E-state index contributed by atoms with van der Waals surface area (Å²) in [6.45, 7) is 0.553. The molecule has 208 valence electrons. The fourth-order valence-corrected chi connectivity index (χ4v) is 5.56. The number of likely N-dealkylation sites (tertiary alicyclic amines) is 2. The third-order valence-corrected chi connectivity index (χ3v) is 7.45. The van der Waals surface area contributed by atoms with Crippen LogP contribution in [0.2, 0.25) is 0 Å². The Morgan fingerprint density at radius 3 is 2.13 bits per heavy atom. The largest absolute Gasteiger partial charge is 0.481 e. The number of nitrogens with zero attached hydrogens (tertiary/aromatic N) is 2. The number of hydrogen-bond donors (Lipinski definition) is 4. The monoisotopic (exact) mass is 536 g/mol. The highest BCUT2D eigenvalue weighted by Gasteiger charge is 2.46. The molecule has 3 amide bonds. The Bertz CT molecular complexity index is 1160. The van der Waals surface area contributed by atoms with Gasteiger partial charge in [0, 0.05) is 19.1 Å². The van der Waals surface area contributed by atoms with Crippen LogP contribution in [0.25, 0.3) is 0 Å². The number of hydrogen-bond acceptors (Lipinski definition) is 6. The first-order chi connectivity index (χ1) is 18.7. The van der Waals surface area contributed by atoms with Gasteiger partial charge in [0.25, 0.3) is 0 Å². The number of aliphatic hydroxyl groups is 1. The van der Waals surface area contributed by atoms with Crippen LogP contribution in [0.1, 0.15) is 36.8 Å². The Morgan fingerprint density at radius 1 is 0.897 bits per heavy atom. The lowest BCUT2D eigenvalue weighted by Gasteiger charge is -2.33. The molecule has 1 unspecified atom stereocenters. The van der Waals surface area contributed by atoms with E-state index in [1.807, 2.05) is 60.7 Å². The zero-order valence-electron chi connectivity index (χ0n) is 21.8. The number of aliphatic hydroxyl groups excluding tert-OH is 1. The number of carbonyl (C=O) groups excluding carboxylic acids is 3. The maximum Gasteiger partial charge on any atom is 0.305 e. The first kappa shape index (κ1) is 28.3. The van der Waals surface area contributed by atoms with Gasteiger partial charge in [-0.15, -0.1) is 0 Å². The van der Waals surface area contributed by atoms with Gasteiger partial charge >= 0.3 is 5.97 Å². The molecule has 2 fully saturated rings. The number of aliphatic carboxylic acids is 1. The second-order valence-corrected chi connectivity index (χ2v) is 10.3. The predicted molar refractivity (Wildman–Crippen MR) is 143 cm³/mol. The van der Waals surface area contributed by atoms with E-state index in [0.717, 1.165) is 11.1 Å². The number of carboxylic acids is 1. The summed E-state index contributed by atoms with van der Waals surface area (Å²) in [5.41, 5.74) is 8.01. The van der Waals surface area contributed by atoms with Crippen LogP contribution in [0.3, 0.4) is 0 Å². The van der Waals surface area contributed by atoms with Crippen LogP contribution < -0.4 is 11.1 Å². The van der Waals surface area contributed by atoms with Gasteiger partial charge in [0.1, 0.15) is 12.1 Å². The molecule has 0 saturated carbocycles. The molecule has 4 rings (SSSR count). The Kier molecular flexibility index (Phi) is 9.32. The van der Waals surface area contributed by atoms with Gasteiger partial charge in [-0.05, 0) is 43.2 Å². The summed E-state index contributed by atoms with van der Waals surface area (Å²) >= 11 is 0. The van der Waals surface area contributed by atoms with Crippen molar-refractivity contribution >= 4 is 23.7 Å². The Hall–Kier alpha value is -3.76. The lowest BCUT2D eigenvalue weighted by molar-refractivity contribution is -0.148. The van der Waals surface area contributed by atoms with Crippen molar-refractivity contribution in [3.8, 4) is 0 Å². The average molecular weight is 537 g/mol. The maximum atomic E-state index is 13.7. The minimum Gasteiger partial charge on any atom is -0.481 e. The first-order valence-corrected chi connectivity index (χ1v) is 13.4. The minimum absolute atomic E-state index is 0.162. The lowest BCUT2D eigenvalue weighted by atomic mass is 10.0. The zero-order chi connectivity index (χ0) is 27.9. The summed E-state index contributed by atoms with van der Waals surface area (Å²) < 4.78 is 0. The maximum absolute atomic E-state index is 13.7. The third-order valence-electron chi connectivity index (χ3n) is 7.45. The molecule has 39 heavy (non-hydrogen) atoms. The summed E-state index contributed by atoms with van der Waals surface area (Å²) in [4.78, 5) is 54.5. The fraction of sp³-hybridized carbons (Fsp3) is 0.448. The van der Waals surface area contributed by atoms with E-state index >= 15 is 0 Å². The van der Waals surface area contributed by atoms with Gasteiger partial charge in [-0.1, -0.05) is 60.7 Å².